The number of hydrogen-bond donors (Lipinski definition) is 1. The highest BCUT2D eigenvalue weighted by Crippen LogP contribution is 2.43. The van der Waals surface area contributed by atoms with Crippen molar-refractivity contribution in [3.05, 3.63) is 229 Å². The minimum Gasteiger partial charge on any atom is -0.309 e. The van der Waals surface area contributed by atoms with E-state index in [2.05, 4.69) is 227 Å². The highest BCUT2D eigenvalue weighted by atomic mass is 15.5. The largest absolute Gasteiger partial charge is 0.309 e. The molecule has 11 aromatic rings. The standard InChI is InChI=1S/C56H39N3/c1-3-14-37(15-4-1)43-32-44(38-16-5-2-6-17-38)34-45(33-43)56-50-24-11-12-25-51(50)58(57-56)36-42-21-13-20-41-35-46(28-29-47(41)42)59-52-30-26-39-18-7-9-22-48(39)54(52)55-49-23-10-8-19-40(49)27-31-53(55)59/h1-35,56-57H,36H2. The smallest absolute Gasteiger partial charge is 0.0783 e. The monoisotopic (exact) mass is 753 g/mol. The lowest BCUT2D eigenvalue weighted by molar-refractivity contribution is 0.605. The third-order valence-corrected chi connectivity index (χ3v) is 12.4. The molecule has 59 heavy (non-hydrogen) atoms. The molecule has 3 nitrogen and oxygen atoms in total. The van der Waals surface area contributed by atoms with Gasteiger partial charge in [0, 0.05) is 22.0 Å². The molecule has 0 saturated heterocycles. The van der Waals surface area contributed by atoms with Crippen molar-refractivity contribution in [2.45, 2.75) is 12.6 Å². The van der Waals surface area contributed by atoms with Crippen LogP contribution in [0.4, 0.5) is 5.69 Å². The maximum atomic E-state index is 3.98. The van der Waals surface area contributed by atoms with Crippen LogP contribution in [0.15, 0.2) is 212 Å². The zero-order chi connectivity index (χ0) is 38.9. The molecule has 0 aliphatic carbocycles. The third kappa shape index (κ3) is 5.55. The second-order valence-electron chi connectivity index (χ2n) is 15.8. The Labute approximate surface area is 343 Å². The summed E-state index contributed by atoms with van der Waals surface area (Å²) in [6.07, 6.45) is 0. The van der Waals surface area contributed by atoms with Crippen molar-refractivity contribution in [2.24, 2.45) is 0 Å². The average molecular weight is 754 g/mol. The van der Waals surface area contributed by atoms with Crippen LogP contribution in [0.1, 0.15) is 22.7 Å². The van der Waals surface area contributed by atoms with Crippen molar-refractivity contribution >= 4 is 59.8 Å². The fourth-order valence-corrected chi connectivity index (χ4v) is 9.68. The number of rotatable bonds is 6. The molecule has 0 fully saturated rings. The summed E-state index contributed by atoms with van der Waals surface area (Å²) in [5.41, 5.74) is 17.5. The lowest BCUT2D eigenvalue weighted by atomic mass is 9.91. The first kappa shape index (κ1) is 33.7. The molecule has 0 bridgehead atoms. The highest BCUT2D eigenvalue weighted by Gasteiger charge is 2.30. The van der Waals surface area contributed by atoms with Crippen molar-refractivity contribution in [3.8, 4) is 27.9 Å². The molecule has 10 aromatic carbocycles. The van der Waals surface area contributed by atoms with Crippen molar-refractivity contribution in [3.63, 3.8) is 0 Å². The zero-order valence-corrected chi connectivity index (χ0v) is 32.4. The Morgan fingerprint density at radius 2 is 0.983 bits per heavy atom. The number of nitrogens with zero attached hydrogens (tertiary/aromatic N) is 2. The van der Waals surface area contributed by atoms with E-state index in [1.54, 1.807) is 0 Å². The van der Waals surface area contributed by atoms with Gasteiger partial charge >= 0.3 is 0 Å². The van der Waals surface area contributed by atoms with E-state index >= 15 is 0 Å². The molecule has 1 aliphatic rings. The first-order valence-corrected chi connectivity index (χ1v) is 20.5. The summed E-state index contributed by atoms with van der Waals surface area (Å²) in [6.45, 7) is 0.724. The second-order valence-corrected chi connectivity index (χ2v) is 15.8. The van der Waals surface area contributed by atoms with Gasteiger partial charge < -0.3 is 9.58 Å². The van der Waals surface area contributed by atoms with Crippen LogP contribution in [-0.2, 0) is 6.54 Å². The maximum Gasteiger partial charge on any atom is 0.0783 e. The topological polar surface area (TPSA) is 20.2 Å². The Kier molecular flexibility index (Phi) is 7.75. The Hall–Kier alpha value is -7.46. The predicted octanol–water partition coefficient (Wildman–Crippen LogP) is 14.2. The van der Waals surface area contributed by atoms with Gasteiger partial charge in [-0.15, -0.1) is 0 Å². The molecule has 1 N–H and O–H groups in total. The summed E-state index contributed by atoms with van der Waals surface area (Å²) >= 11 is 0. The van der Waals surface area contributed by atoms with Crippen LogP contribution in [0.25, 0.3) is 82.1 Å². The molecule has 1 aliphatic heterocycles. The van der Waals surface area contributed by atoms with Gasteiger partial charge in [-0.2, -0.15) is 0 Å². The molecule has 278 valence electrons. The Morgan fingerprint density at radius 3 is 1.64 bits per heavy atom. The van der Waals surface area contributed by atoms with Crippen LogP contribution in [0.5, 0.6) is 0 Å². The summed E-state index contributed by atoms with van der Waals surface area (Å²) in [5.74, 6) is 0. The Morgan fingerprint density at radius 1 is 0.407 bits per heavy atom. The van der Waals surface area contributed by atoms with E-state index in [0.717, 1.165) is 12.2 Å². The van der Waals surface area contributed by atoms with Crippen LogP contribution in [0.3, 0.4) is 0 Å². The van der Waals surface area contributed by atoms with Crippen LogP contribution >= 0.6 is 0 Å². The van der Waals surface area contributed by atoms with Gasteiger partial charge in [0.2, 0.25) is 0 Å². The van der Waals surface area contributed by atoms with Crippen molar-refractivity contribution in [1.82, 2.24) is 9.99 Å². The van der Waals surface area contributed by atoms with E-state index in [4.69, 9.17) is 0 Å². The van der Waals surface area contributed by atoms with Crippen LogP contribution in [0.2, 0.25) is 0 Å². The highest BCUT2D eigenvalue weighted by molar-refractivity contribution is 6.28. The Balaban J connectivity index is 0.947. The first-order chi connectivity index (χ1) is 29.2. The predicted molar refractivity (Wildman–Crippen MR) is 248 cm³/mol. The van der Waals surface area contributed by atoms with Crippen molar-refractivity contribution in [1.29, 1.82) is 0 Å². The number of hydrazine groups is 1. The molecule has 0 radical (unpaired) electrons. The molecule has 1 aromatic heterocycles. The van der Waals surface area contributed by atoms with E-state index < -0.39 is 0 Å². The van der Waals surface area contributed by atoms with Gasteiger partial charge in [0.1, 0.15) is 0 Å². The summed E-state index contributed by atoms with van der Waals surface area (Å²) in [4.78, 5) is 0. The Bertz CT molecular complexity index is 3250. The lowest BCUT2D eigenvalue weighted by Crippen LogP contribution is -2.34. The quantitative estimate of drug-likeness (QED) is 0.182. The van der Waals surface area contributed by atoms with E-state index in [9.17, 15) is 0 Å². The molecule has 12 rings (SSSR count). The normalized spacial score (nSPS) is 13.9. The van der Waals surface area contributed by atoms with Crippen LogP contribution < -0.4 is 10.4 Å². The van der Waals surface area contributed by atoms with E-state index in [0.29, 0.717) is 0 Å². The average Bonchev–Trinajstić information content (AvgIpc) is 3.86. The SMILES string of the molecule is c1ccc(-c2cc(-c3ccccc3)cc(C3NN(Cc4cccc5cc(-n6c7ccc8ccccc8c7c7c8ccccc8ccc76)ccc45)c4ccccc43)c2)cc1. The van der Waals surface area contributed by atoms with Gasteiger partial charge in [0.05, 0.1) is 29.3 Å². The maximum absolute atomic E-state index is 3.98. The van der Waals surface area contributed by atoms with Crippen molar-refractivity contribution < 1.29 is 0 Å². The number of aromatic nitrogens is 1. The van der Waals surface area contributed by atoms with Gasteiger partial charge in [-0.3, -0.25) is 0 Å². The molecule has 1 unspecified atom stereocenters. The van der Waals surface area contributed by atoms with Crippen LogP contribution in [-0.4, -0.2) is 4.57 Å². The van der Waals surface area contributed by atoms with Gasteiger partial charge in [0.25, 0.3) is 0 Å². The van der Waals surface area contributed by atoms with E-state index in [1.807, 2.05) is 0 Å². The lowest BCUT2D eigenvalue weighted by Gasteiger charge is -2.23. The number of para-hydroxylation sites is 1. The van der Waals surface area contributed by atoms with Gasteiger partial charge in [0.15, 0.2) is 0 Å². The molecular weight excluding hydrogens is 715 g/mol. The number of hydrogen-bond acceptors (Lipinski definition) is 2. The molecule has 0 spiro atoms. The van der Waals surface area contributed by atoms with E-state index in [1.165, 1.54) is 98.8 Å². The van der Waals surface area contributed by atoms with E-state index in [-0.39, 0.29) is 6.04 Å². The number of benzene rings is 10. The molecule has 2 heterocycles. The molecule has 0 saturated carbocycles. The fourth-order valence-electron chi connectivity index (χ4n) is 9.68. The number of fused-ring (bicyclic) bond motifs is 9. The van der Waals surface area contributed by atoms with Crippen LogP contribution in [0, 0.1) is 0 Å². The van der Waals surface area contributed by atoms with Gasteiger partial charge in [-0.25, -0.2) is 5.43 Å². The number of anilines is 1. The van der Waals surface area contributed by atoms with Gasteiger partial charge in [-0.1, -0.05) is 164 Å². The summed E-state index contributed by atoms with van der Waals surface area (Å²) in [6, 6.07) is 77.8. The van der Waals surface area contributed by atoms with Crippen molar-refractivity contribution in [2.75, 3.05) is 5.01 Å². The van der Waals surface area contributed by atoms with Gasteiger partial charge in [-0.05, 0) is 114 Å². The minimum absolute atomic E-state index is 0.00127. The second kappa shape index (κ2) is 13.6. The molecular formula is C56H39N3. The molecule has 3 heteroatoms. The third-order valence-electron chi connectivity index (χ3n) is 12.4. The summed E-state index contributed by atoms with van der Waals surface area (Å²) < 4.78 is 2.46. The fraction of sp³-hybridized carbons (Fsp3) is 0.0357. The molecule has 0 amide bonds. The number of nitrogens with one attached hydrogen (secondary N) is 1. The minimum atomic E-state index is 0.00127. The zero-order valence-electron chi connectivity index (χ0n) is 32.4. The summed E-state index contributed by atoms with van der Waals surface area (Å²) in [7, 11) is 0. The molecule has 1 atom stereocenters. The summed E-state index contributed by atoms with van der Waals surface area (Å²) in [5, 5.41) is 12.5. The first-order valence-electron chi connectivity index (χ1n) is 20.5.